The summed E-state index contributed by atoms with van der Waals surface area (Å²) in [7, 11) is 0. The van der Waals surface area contributed by atoms with Gasteiger partial charge >= 0.3 is 0 Å². The Morgan fingerprint density at radius 1 is 1.55 bits per heavy atom. The first-order valence-corrected chi connectivity index (χ1v) is 7.52. The Hall–Kier alpha value is -1.59. The lowest BCUT2D eigenvalue weighted by Gasteiger charge is -2.09. The molecule has 1 amide bonds. The molecule has 0 spiro atoms. The van der Waals surface area contributed by atoms with E-state index < -0.39 is 6.10 Å². The highest BCUT2D eigenvalue weighted by Gasteiger charge is 2.44. The van der Waals surface area contributed by atoms with Gasteiger partial charge in [-0.2, -0.15) is 0 Å². The van der Waals surface area contributed by atoms with Crippen LogP contribution in [0.1, 0.15) is 34.0 Å². The first-order valence-electron chi connectivity index (χ1n) is 6.70. The average Bonchev–Trinajstić information content (AvgIpc) is 2.87. The highest BCUT2D eigenvalue weighted by molar-refractivity contribution is 7.12. The van der Waals surface area contributed by atoms with E-state index in [0.717, 1.165) is 6.42 Å². The number of carbonyl (C=O) groups is 1. The van der Waals surface area contributed by atoms with Gasteiger partial charge in [-0.3, -0.25) is 4.79 Å². The smallest absolute Gasteiger partial charge is 0.223 e. The van der Waals surface area contributed by atoms with Crippen molar-refractivity contribution < 1.29 is 14.3 Å². The Morgan fingerprint density at radius 2 is 2.40 bits per heavy atom. The van der Waals surface area contributed by atoms with Gasteiger partial charge in [0.15, 0.2) is 0 Å². The standard InChI is InChI=1S/C15H17NO3S/c1-9-4-5-14(20-9)10-7-11(10)15(18)16-8-12(17)13-3-2-6-19-13/h2-6,10-12,17H,7-8H2,1H3,(H,16,18). The van der Waals surface area contributed by atoms with Crippen molar-refractivity contribution in [1.82, 2.24) is 5.32 Å². The molecule has 3 rings (SSSR count). The molecule has 5 heteroatoms. The molecule has 0 aliphatic heterocycles. The zero-order valence-electron chi connectivity index (χ0n) is 11.2. The number of hydrogen-bond acceptors (Lipinski definition) is 4. The summed E-state index contributed by atoms with van der Waals surface area (Å²) < 4.78 is 5.10. The molecule has 0 aromatic carbocycles. The molecule has 1 aliphatic carbocycles. The Balaban J connectivity index is 1.49. The Labute approximate surface area is 121 Å². The summed E-state index contributed by atoms with van der Waals surface area (Å²) >= 11 is 1.76. The maximum Gasteiger partial charge on any atom is 0.223 e. The topological polar surface area (TPSA) is 62.5 Å². The highest BCUT2D eigenvalue weighted by Crippen LogP contribution is 2.49. The fourth-order valence-electron chi connectivity index (χ4n) is 2.36. The summed E-state index contributed by atoms with van der Waals surface area (Å²) in [4.78, 5) is 14.6. The van der Waals surface area contributed by atoms with E-state index in [1.165, 1.54) is 16.0 Å². The monoisotopic (exact) mass is 291 g/mol. The molecule has 20 heavy (non-hydrogen) atoms. The average molecular weight is 291 g/mol. The normalized spacial score (nSPS) is 22.5. The van der Waals surface area contributed by atoms with Crippen LogP contribution in [0.4, 0.5) is 0 Å². The first-order chi connectivity index (χ1) is 9.65. The van der Waals surface area contributed by atoms with Gasteiger partial charge in [0.05, 0.1) is 12.8 Å². The van der Waals surface area contributed by atoms with Gasteiger partial charge in [0.2, 0.25) is 5.91 Å². The van der Waals surface area contributed by atoms with E-state index in [2.05, 4.69) is 24.4 Å². The van der Waals surface area contributed by atoms with Gasteiger partial charge < -0.3 is 14.8 Å². The van der Waals surface area contributed by atoms with Crippen molar-refractivity contribution in [2.45, 2.75) is 25.4 Å². The molecule has 2 aromatic rings. The van der Waals surface area contributed by atoms with Gasteiger partial charge in [0, 0.05) is 21.6 Å². The molecule has 0 radical (unpaired) electrons. The van der Waals surface area contributed by atoms with Crippen molar-refractivity contribution in [1.29, 1.82) is 0 Å². The van der Waals surface area contributed by atoms with Gasteiger partial charge in [-0.15, -0.1) is 11.3 Å². The Morgan fingerprint density at radius 3 is 3.05 bits per heavy atom. The van der Waals surface area contributed by atoms with Crippen molar-refractivity contribution in [3.8, 4) is 0 Å². The van der Waals surface area contributed by atoms with Crippen LogP contribution < -0.4 is 5.32 Å². The number of amides is 1. The van der Waals surface area contributed by atoms with E-state index in [-0.39, 0.29) is 18.4 Å². The predicted molar refractivity (Wildman–Crippen MR) is 76.6 cm³/mol. The lowest BCUT2D eigenvalue weighted by Crippen LogP contribution is -2.29. The third kappa shape index (κ3) is 2.78. The van der Waals surface area contributed by atoms with Crippen molar-refractivity contribution in [3.63, 3.8) is 0 Å². The molecule has 0 saturated heterocycles. The summed E-state index contributed by atoms with van der Waals surface area (Å²) in [6.45, 7) is 2.27. The molecule has 1 aliphatic rings. The number of nitrogens with one attached hydrogen (secondary N) is 1. The molecule has 1 saturated carbocycles. The van der Waals surface area contributed by atoms with Crippen LogP contribution in [-0.4, -0.2) is 17.6 Å². The fraction of sp³-hybridized carbons (Fsp3) is 0.400. The third-order valence-electron chi connectivity index (χ3n) is 3.60. The Bertz CT molecular complexity index is 590. The number of hydrogen-bond donors (Lipinski definition) is 2. The largest absolute Gasteiger partial charge is 0.467 e. The van der Waals surface area contributed by atoms with Crippen molar-refractivity contribution >= 4 is 17.2 Å². The lowest BCUT2D eigenvalue weighted by molar-refractivity contribution is -0.122. The summed E-state index contributed by atoms with van der Waals surface area (Å²) in [5.41, 5.74) is 0. The SMILES string of the molecule is Cc1ccc(C2CC2C(=O)NCC(O)c2ccco2)s1. The van der Waals surface area contributed by atoms with E-state index in [4.69, 9.17) is 4.42 Å². The summed E-state index contributed by atoms with van der Waals surface area (Å²) in [6.07, 6.45) is 1.63. The number of rotatable bonds is 5. The van der Waals surface area contributed by atoms with Crippen LogP contribution >= 0.6 is 11.3 Å². The van der Waals surface area contributed by atoms with Crippen LogP contribution in [0.3, 0.4) is 0 Å². The zero-order chi connectivity index (χ0) is 14.1. The molecule has 2 N–H and O–H groups in total. The lowest BCUT2D eigenvalue weighted by atomic mass is 10.2. The van der Waals surface area contributed by atoms with Crippen LogP contribution in [0.15, 0.2) is 34.9 Å². The van der Waals surface area contributed by atoms with Crippen molar-refractivity contribution in [3.05, 3.63) is 46.0 Å². The maximum atomic E-state index is 12.0. The molecular weight excluding hydrogens is 274 g/mol. The Kier molecular flexibility index (Phi) is 3.63. The van der Waals surface area contributed by atoms with Crippen LogP contribution in [0.5, 0.6) is 0 Å². The van der Waals surface area contributed by atoms with Gasteiger partial charge in [-0.05, 0) is 37.6 Å². The zero-order valence-corrected chi connectivity index (χ0v) is 12.0. The number of furan rings is 1. The minimum Gasteiger partial charge on any atom is -0.467 e. The minimum atomic E-state index is -0.782. The van der Waals surface area contributed by atoms with Gasteiger partial charge in [0.1, 0.15) is 11.9 Å². The van der Waals surface area contributed by atoms with Crippen LogP contribution in [0.2, 0.25) is 0 Å². The van der Waals surface area contributed by atoms with Gasteiger partial charge in [-0.1, -0.05) is 0 Å². The van der Waals surface area contributed by atoms with Crippen LogP contribution in [-0.2, 0) is 4.79 Å². The summed E-state index contributed by atoms with van der Waals surface area (Å²) in [6, 6.07) is 7.62. The molecule has 1 fully saturated rings. The van der Waals surface area contributed by atoms with Gasteiger partial charge in [-0.25, -0.2) is 0 Å². The second-order valence-electron chi connectivity index (χ2n) is 5.17. The molecule has 0 bridgehead atoms. The number of aliphatic hydroxyl groups excluding tert-OH is 1. The quantitative estimate of drug-likeness (QED) is 0.890. The second kappa shape index (κ2) is 5.42. The second-order valence-corrected chi connectivity index (χ2v) is 6.49. The molecule has 2 aromatic heterocycles. The fourth-order valence-corrected chi connectivity index (χ4v) is 3.42. The number of aliphatic hydroxyl groups is 1. The third-order valence-corrected chi connectivity index (χ3v) is 4.73. The molecular formula is C15H17NO3S. The van der Waals surface area contributed by atoms with E-state index in [1.54, 1.807) is 23.5 Å². The molecule has 3 atom stereocenters. The van der Waals surface area contributed by atoms with E-state index >= 15 is 0 Å². The number of aryl methyl sites for hydroxylation is 1. The highest BCUT2D eigenvalue weighted by atomic mass is 32.1. The van der Waals surface area contributed by atoms with Crippen LogP contribution in [0, 0.1) is 12.8 Å². The van der Waals surface area contributed by atoms with Crippen molar-refractivity contribution in [2.75, 3.05) is 6.54 Å². The molecule has 4 nitrogen and oxygen atoms in total. The van der Waals surface area contributed by atoms with Crippen molar-refractivity contribution in [2.24, 2.45) is 5.92 Å². The van der Waals surface area contributed by atoms with E-state index in [9.17, 15) is 9.90 Å². The van der Waals surface area contributed by atoms with Gasteiger partial charge in [0.25, 0.3) is 0 Å². The number of thiophene rings is 1. The van der Waals surface area contributed by atoms with E-state index in [0.29, 0.717) is 11.7 Å². The molecule has 3 unspecified atom stereocenters. The summed E-state index contributed by atoms with van der Waals surface area (Å²) in [5, 5.41) is 12.6. The molecule has 2 heterocycles. The van der Waals surface area contributed by atoms with Crippen LogP contribution in [0.25, 0.3) is 0 Å². The maximum absolute atomic E-state index is 12.0. The van der Waals surface area contributed by atoms with E-state index in [1.807, 2.05) is 0 Å². The first kappa shape index (κ1) is 13.4. The summed E-state index contributed by atoms with van der Waals surface area (Å²) in [5.74, 6) is 0.907. The number of carbonyl (C=O) groups excluding carboxylic acids is 1. The minimum absolute atomic E-state index is 0.0201. The molecule has 106 valence electrons. The predicted octanol–water partition coefficient (Wildman–Crippen LogP) is 2.60.